The maximum Gasteiger partial charge on any atom is 0.306 e. The second-order valence-corrected chi connectivity index (χ2v) is 11.0. The Morgan fingerprint density at radius 1 is 1.11 bits per heavy atom. The Kier molecular flexibility index (Phi) is 3.02. The van der Waals surface area contributed by atoms with Gasteiger partial charge in [0.15, 0.2) is 5.78 Å². The summed E-state index contributed by atoms with van der Waals surface area (Å²) in [6, 6.07) is 0. The van der Waals surface area contributed by atoms with Crippen LogP contribution in [0.25, 0.3) is 0 Å². The highest BCUT2D eigenvalue weighted by atomic mass is 16.6. The van der Waals surface area contributed by atoms with Crippen LogP contribution in [0.2, 0.25) is 0 Å². The van der Waals surface area contributed by atoms with Crippen LogP contribution in [-0.4, -0.2) is 17.4 Å². The Balaban J connectivity index is 1.48. The summed E-state index contributed by atoms with van der Waals surface area (Å²) >= 11 is 0. The Hall–Kier alpha value is -1.64. The summed E-state index contributed by atoms with van der Waals surface area (Å²) < 4.78 is 6.13. The molecule has 6 aliphatic rings. The van der Waals surface area contributed by atoms with E-state index in [-0.39, 0.29) is 33.6 Å². The first-order valence-corrected chi connectivity index (χ1v) is 11.1. The van der Waals surface area contributed by atoms with Crippen molar-refractivity contribution in [2.75, 3.05) is 0 Å². The summed E-state index contributed by atoms with van der Waals surface area (Å²) in [7, 11) is 0. The van der Waals surface area contributed by atoms with E-state index in [1.807, 2.05) is 6.08 Å². The van der Waals surface area contributed by atoms with E-state index in [4.69, 9.17) is 4.74 Å². The summed E-state index contributed by atoms with van der Waals surface area (Å²) in [4.78, 5) is 24.3. The molecule has 0 aromatic heterocycles. The number of hydrogen-bond acceptors (Lipinski definition) is 3. The molecule has 3 heteroatoms. The van der Waals surface area contributed by atoms with Crippen molar-refractivity contribution in [3.8, 4) is 0 Å². The first kappa shape index (κ1) is 17.2. The van der Waals surface area contributed by atoms with Gasteiger partial charge in [-0.05, 0) is 78.9 Å². The third-order valence-corrected chi connectivity index (χ3v) is 9.91. The molecule has 1 aliphatic heterocycles. The number of hydrogen-bond donors (Lipinski definition) is 0. The van der Waals surface area contributed by atoms with Crippen LogP contribution < -0.4 is 0 Å². The van der Waals surface area contributed by atoms with Gasteiger partial charge in [0.05, 0.1) is 0 Å². The first-order chi connectivity index (χ1) is 13.2. The molecule has 0 aromatic carbocycles. The van der Waals surface area contributed by atoms with E-state index in [0.717, 1.165) is 12.8 Å². The van der Waals surface area contributed by atoms with Gasteiger partial charge in [0, 0.05) is 17.3 Å². The molecule has 0 aromatic rings. The predicted molar refractivity (Wildman–Crippen MR) is 106 cm³/mol. The van der Waals surface area contributed by atoms with Gasteiger partial charge >= 0.3 is 5.97 Å². The third kappa shape index (κ3) is 1.78. The summed E-state index contributed by atoms with van der Waals surface area (Å²) in [5, 5.41) is 0. The van der Waals surface area contributed by atoms with E-state index in [9.17, 15) is 9.59 Å². The van der Waals surface area contributed by atoms with Crippen molar-refractivity contribution in [3.05, 3.63) is 36.0 Å². The van der Waals surface area contributed by atoms with Crippen LogP contribution in [0.1, 0.15) is 59.3 Å². The van der Waals surface area contributed by atoms with Crippen LogP contribution in [0.15, 0.2) is 36.0 Å². The fraction of sp³-hybridized carbons (Fsp3) is 0.680. The van der Waals surface area contributed by atoms with Gasteiger partial charge in [0.1, 0.15) is 5.60 Å². The van der Waals surface area contributed by atoms with Gasteiger partial charge in [0.2, 0.25) is 0 Å². The molecule has 7 atom stereocenters. The highest BCUT2D eigenvalue weighted by molar-refractivity contribution is 6.01. The molecule has 28 heavy (non-hydrogen) atoms. The van der Waals surface area contributed by atoms with E-state index in [2.05, 4.69) is 39.0 Å². The average molecular weight is 379 g/mol. The van der Waals surface area contributed by atoms with Crippen LogP contribution >= 0.6 is 0 Å². The van der Waals surface area contributed by atoms with Crippen molar-refractivity contribution in [3.63, 3.8) is 0 Å². The Labute approximate surface area is 167 Å². The smallest absolute Gasteiger partial charge is 0.306 e. The van der Waals surface area contributed by atoms with Crippen LogP contribution in [0, 0.1) is 39.9 Å². The highest BCUT2D eigenvalue weighted by Crippen LogP contribution is 2.74. The molecular weight excluding hydrogens is 348 g/mol. The topological polar surface area (TPSA) is 43.4 Å². The second kappa shape index (κ2) is 4.91. The largest absolute Gasteiger partial charge is 0.458 e. The Bertz CT molecular complexity index is 889. The zero-order valence-electron chi connectivity index (χ0n) is 17.2. The number of carbonyl (C=O) groups excluding carboxylic acids is 2. The summed E-state index contributed by atoms with van der Waals surface area (Å²) in [6.45, 7) is 7.02. The predicted octanol–water partition coefficient (Wildman–Crippen LogP) is 4.78. The minimum Gasteiger partial charge on any atom is -0.458 e. The van der Waals surface area contributed by atoms with Gasteiger partial charge in [-0.3, -0.25) is 9.59 Å². The molecule has 0 N–H and O–H groups in total. The van der Waals surface area contributed by atoms with E-state index < -0.39 is 0 Å². The highest BCUT2D eigenvalue weighted by Gasteiger charge is 2.70. The van der Waals surface area contributed by atoms with E-state index in [0.29, 0.717) is 30.1 Å². The SMILES string of the molecule is CC1CC2C3CC4(CC4)C4=CC(=O)C=C[C@]4(C)C3C=C[C@]2(C)[C@]12CCC(=O)O2. The lowest BCUT2D eigenvalue weighted by Crippen LogP contribution is -2.54. The number of fused-ring (bicyclic) bond motifs is 7. The monoisotopic (exact) mass is 378 g/mol. The minimum absolute atomic E-state index is 0.0162. The first-order valence-electron chi connectivity index (χ1n) is 11.1. The van der Waals surface area contributed by atoms with Crippen molar-refractivity contribution in [1.82, 2.24) is 0 Å². The van der Waals surface area contributed by atoms with Crippen LogP contribution in [-0.2, 0) is 14.3 Å². The quantitative estimate of drug-likeness (QED) is 0.450. The van der Waals surface area contributed by atoms with E-state index in [1.54, 1.807) is 6.08 Å². The second-order valence-electron chi connectivity index (χ2n) is 11.0. The zero-order valence-corrected chi connectivity index (χ0v) is 17.2. The molecule has 1 heterocycles. The van der Waals surface area contributed by atoms with Crippen molar-refractivity contribution in [2.45, 2.75) is 64.9 Å². The molecule has 1 saturated heterocycles. The van der Waals surface area contributed by atoms with Gasteiger partial charge in [-0.15, -0.1) is 0 Å². The van der Waals surface area contributed by atoms with Crippen LogP contribution in [0.4, 0.5) is 0 Å². The number of allylic oxidation sites excluding steroid dienone is 5. The molecule has 4 fully saturated rings. The zero-order chi connectivity index (χ0) is 19.5. The fourth-order valence-electron chi connectivity index (χ4n) is 8.37. The lowest BCUT2D eigenvalue weighted by Gasteiger charge is -2.57. The Morgan fingerprint density at radius 3 is 2.57 bits per heavy atom. The van der Waals surface area contributed by atoms with Crippen molar-refractivity contribution >= 4 is 11.8 Å². The van der Waals surface area contributed by atoms with Gasteiger partial charge in [-0.2, -0.15) is 0 Å². The molecule has 0 radical (unpaired) electrons. The standard InChI is InChI=1S/C25H30O3/c1-15-12-19-17-14-24(10-11-24)20-13-16(26)4-7-22(20,2)18(17)5-8-23(19,3)25(15)9-6-21(27)28-25/h4-5,7-8,13,15,17-19H,6,9-12,14H2,1-3H3/t15?,17?,18?,19?,22-,23+,25+/m1/s1. The van der Waals surface area contributed by atoms with Gasteiger partial charge < -0.3 is 4.74 Å². The Morgan fingerprint density at radius 2 is 1.89 bits per heavy atom. The van der Waals surface area contributed by atoms with Crippen molar-refractivity contribution in [1.29, 1.82) is 0 Å². The maximum atomic E-state index is 12.2. The summed E-state index contributed by atoms with van der Waals surface area (Å²) in [5.74, 6) is 2.13. The van der Waals surface area contributed by atoms with Gasteiger partial charge in [-0.1, -0.05) is 39.0 Å². The molecule has 6 rings (SSSR count). The van der Waals surface area contributed by atoms with Crippen LogP contribution in [0.5, 0.6) is 0 Å². The van der Waals surface area contributed by atoms with Crippen LogP contribution in [0.3, 0.4) is 0 Å². The fourth-order valence-corrected chi connectivity index (χ4v) is 8.37. The molecule has 5 aliphatic carbocycles. The summed E-state index contributed by atoms with van der Waals surface area (Å²) in [5.41, 5.74) is 1.21. The number of ketones is 1. The number of rotatable bonds is 0. The molecule has 0 amide bonds. The number of carbonyl (C=O) groups is 2. The third-order valence-electron chi connectivity index (χ3n) is 9.91. The minimum atomic E-state index is -0.317. The number of ether oxygens (including phenoxy) is 1. The number of esters is 1. The average Bonchev–Trinajstić information content (AvgIpc) is 3.24. The van der Waals surface area contributed by atoms with Gasteiger partial charge in [0.25, 0.3) is 0 Å². The lowest BCUT2D eigenvalue weighted by atomic mass is 9.47. The molecule has 0 bridgehead atoms. The molecular formula is C25H30O3. The van der Waals surface area contributed by atoms with E-state index in [1.165, 1.54) is 24.8 Å². The molecule has 148 valence electrons. The van der Waals surface area contributed by atoms with Crippen molar-refractivity contribution < 1.29 is 14.3 Å². The molecule has 3 saturated carbocycles. The maximum absolute atomic E-state index is 12.2. The normalized spacial score (nSPS) is 52.3. The molecule has 3 nitrogen and oxygen atoms in total. The van der Waals surface area contributed by atoms with Crippen molar-refractivity contribution in [2.24, 2.45) is 39.9 Å². The molecule has 4 unspecified atom stereocenters. The molecule has 2 spiro atoms. The lowest BCUT2D eigenvalue weighted by molar-refractivity contribution is -0.161. The van der Waals surface area contributed by atoms with E-state index >= 15 is 0 Å². The summed E-state index contributed by atoms with van der Waals surface area (Å²) in [6.07, 6.45) is 17.0. The van der Waals surface area contributed by atoms with Gasteiger partial charge in [-0.25, -0.2) is 0 Å².